The molecule has 34 heavy (non-hydrogen) atoms. The first-order valence-corrected chi connectivity index (χ1v) is 11.9. The summed E-state index contributed by atoms with van der Waals surface area (Å²) >= 11 is 1.35. The maximum atomic E-state index is 13.4. The number of hydrogen-bond acceptors (Lipinski definition) is 7. The second kappa shape index (κ2) is 10.0. The Balaban J connectivity index is 1.29. The van der Waals surface area contributed by atoms with Crippen molar-refractivity contribution in [2.75, 3.05) is 36.8 Å². The monoisotopic (exact) mass is 475 g/mol. The Kier molecular flexibility index (Phi) is 6.48. The van der Waals surface area contributed by atoms with Crippen molar-refractivity contribution in [1.29, 1.82) is 0 Å². The Morgan fingerprint density at radius 2 is 1.59 bits per heavy atom. The molecule has 10 heteroatoms. The van der Waals surface area contributed by atoms with Gasteiger partial charge in [-0.1, -0.05) is 30.0 Å². The quantitative estimate of drug-likeness (QED) is 0.396. The van der Waals surface area contributed by atoms with Gasteiger partial charge in [0, 0.05) is 49.8 Å². The second-order valence-electron chi connectivity index (χ2n) is 7.69. The van der Waals surface area contributed by atoms with E-state index in [1.807, 2.05) is 39.8 Å². The molecule has 0 unspecified atom stereocenters. The summed E-state index contributed by atoms with van der Waals surface area (Å²) < 4.78 is 15.3. The fourth-order valence-corrected chi connectivity index (χ4v) is 4.64. The fourth-order valence-electron chi connectivity index (χ4n) is 3.79. The van der Waals surface area contributed by atoms with Crippen molar-refractivity contribution in [3.05, 3.63) is 78.9 Å². The van der Waals surface area contributed by atoms with Crippen molar-refractivity contribution >= 4 is 23.6 Å². The Hall–Kier alpha value is -3.79. The van der Waals surface area contributed by atoms with Crippen LogP contribution in [0.5, 0.6) is 0 Å². The third-order valence-corrected chi connectivity index (χ3v) is 6.46. The van der Waals surface area contributed by atoms with Crippen LogP contribution in [-0.4, -0.2) is 67.5 Å². The number of halogens is 1. The summed E-state index contributed by atoms with van der Waals surface area (Å²) in [5.74, 6) is 1.26. The molecule has 0 spiro atoms. The summed E-state index contributed by atoms with van der Waals surface area (Å²) in [6, 6.07) is 17.6. The Morgan fingerprint density at radius 1 is 0.882 bits per heavy atom. The summed E-state index contributed by atoms with van der Waals surface area (Å²) in [7, 11) is 0. The normalized spacial score (nSPS) is 13.8. The first-order chi connectivity index (χ1) is 16.7. The lowest BCUT2D eigenvalue weighted by molar-refractivity contribution is -0.128. The van der Waals surface area contributed by atoms with Crippen molar-refractivity contribution in [3.63, 3.8) is 0 Å². The molecular weight excluding hydrogens is 453 g/mol. The summed E-state index contributed by atoms with van der Waals surface area (Å²) in [5.41, 5.74) is 1.62. The molecule has 0 aliphatic carbocycles. The molecule has 0 N–H and O–H groups in total. The maximum Gasteiger partial charge on any atom is 0.233 e. The first kappa shape index (κ1) is 22.0. The van der Waals surface area contributed by atoms with E-state index in [4.69, 9.17) is 0 Å². The maximum absolute atomic E-state index is 13.4. The predicted molar refractivity (Wildman–Crippen MR) is 128 cm³/mol. The number of hydrogen-bond donors (Lipinski definition) is 0. The van der Waals surface area contributed by atoms with E-state index in [2.05, 4.69) is 25.1 Å². The number of benzene rings is 2. The molecule has 1 aliphatic rings. The molecule has 8 nitrogen and oxygen atoms in total. The summed E-state index contributed by atoms with van der Waals surface area (Å²) in [6.45, 7) is 2.61. The van der Waals surface area contributed by atoms with Crippen LogP contribution in [0.1, 0.15) is 0 Å². The lowest BCUT2D eigenvalue weighted by Gasteiger charge is -2.34. The Labute approximate surface area is 200 Å². The highest BCUT2D eigenvalue weighted by atomic mass is 32.2. The van der Waals surface area contributed by atoms with Gasteiger partial charge >= 0.3 is 0 Å². The summed E-state index contributed by atoms with van der Waals surface area (Å²) in [5, 5.41) is 9.30. The van der Waals surface area contributed by atoms with E-state index in [0.29, 0.717) is 43.1 Å². The lowest BCUT2D eigenvalue weighted by atomic mass is 10.2. The van der Waals surface area contributed by atoms with Gasteiger partial charge in [0.1, 0.15) is 5.82 Å². The number of piperazine rings is 1. The van der Waals surface area contributed by atoms with Gasteiger partial charge in [-0.3, -0.25) is 9.36 Å². The van der Waals surface area contributed by atoms with Crippen LogP contribution in [0.25, 0.3) is 17.1 Å². The molecule has 1 saturated heterocycles. The van der Waals surface area contributed by atoms with Crippen molar-refractivity contribution in [2.24, 2.45) is 0 Å². The number of anilines is 1. The molecule has 0 saturated carbocycles. The Bertz CT molecular complexity index is 1240. The number of nitrogens with zero attached hydrogens (tertiary/aromatic N) is 7. The molecule has 172 valence electrons. The lowest BCUT2D eigenvalue weighted by Crippen LogP contribution is -2.49. The van der Waals surface area contributed by atoms with Gasteiger partial charge in [-0.05, 0) is 42.5 Å². The SMILES string of the molecule is O=C(CSc1nnc(-c2ccc(F)cc2)n1-c1ccccc1)N1CCN(c2ncccn2)CC1. The molecule has 2 aromatic heterocycles. The van der Waals surface area contributed by atoms with Gasteiger partial charge in [0.15, 0.2) is 11.0 Å². The van der Waals surface area contributed by atoms with Gasteiger partial charge in [-0.15, -0.1) is 10.2 Å². The average Bonchev–Trinajstić information content (AvgIpc) is 3.33. The van der Waals surface area contributed by atoms with Crippen LogP contribution in [0.4, 0.5) is 10.3 Å². The van der Waals surface area contributed by atoms with Crippen molar-refractivity contribution in [3.8, 4) is 17.1 Å². The average molecular weight is 476 g/mol. The number of aromatic nitrogens is 5. The van der Waals surface area contributed by atoms with E-state index < -0.39 is 0 Å². The van der Waals surface area contributed by atoms with E-state index in [-0.39, 0.29) is 17.5 Å². The molecule has 0 atom stereocenters. The van der Waals surface area contributed by atoms with Gasteiger partial charge < -0.3 is 9.80 Å². The van der Waals surface area contributed by atoms with Gasteiger partial charge in [0.05, 0.1) is 5.75 Å². The molecule has 3 heterocycles. The molecule has 0 radical (unpaired) electrons. The third-order valence-electron chi connectivity index (χ3n) is 5.54. The third kappa shape index (κ3) is 4.76. The van der Waals surface area contributed by atoms with Crippen molar-refractivity contribution < 1.29 is 9.18 Å². The van der Waals surface area contributed by atoms with Crippen LogP contribution < -0.4 is 4.90 Å². The number of para-hydroxylation sites is 1. The highest BCUT2D eigenvalue weighted by Crippen LogP contribution is 2.28. The largest absolute Gasteiger partial charge is 0.338 e. The number of amides is 1. The van der Waals surface area contributed by atoms with Crippen LogP contribution in [-0.2, 0) is 4.79 Å². The molecule has 1 fully saturated rings. The van der Waals surface area contributed by atoms with Crippen molar-refractivity contribution in [2.45, 2.75) is 5.16 Å². The summed E-state index contributed by atoms with van der Waals surface area (Å²) in [6.07, 6.45) is 3.44. The minimum atomic E-state index is -0.311. The molecule has 5 rings (SSSR count). The van der Waals surface area contributed by atoms with Gasteiger partial charge in [-0.2, -0.15) is 0 Å². The van der Waals surface area contributed by atoms with E-state index in [1.54, 1.807) is 30.6 Å². The van der Waals surface area contributed by atoms with Crippen molar-refractivity contribution in [1.82, 2.24) is 29.6 Å². The topological polar surface area (TPSA) is 80.0 Å². The zero-order valence-electron chi connectivity index (χ0n) is 18.3. The molecule has 1 amide bonds. The minimum Gasteiger partial charge on any atom is -0.338 e. The van der Waals surface area contributed by atoms with Crippen LogP contribution in [0, 0.1) is 5.82 Å². The molecule has 0 bridgehead atoms. The van der Waals surface area contributed by atoms with Gasteiger partial charge in [-0.25, -0.2) is 14.4 Å². The molecular formula is C24H22FN7OS. The highest BCUT2D eigenvalue weighted by molar-refractivity contribution is 7.99. The van der Waals surface area contributed by atoms with Crippen LogP contribution in [0.3, 0.4) is 0 Å². The minimum absolute atomic E-state index is 0.0459. The van der Waals surface area contributed by atoms with E-state index in [9.17, 15) is 9.18 Å². The number of thioether (sulfide) groups is 1. The highest BCUT2D eigenvalue weighted by Gasteiger charge is 2.24. The van der Waals surface area contributed by atoms with Crippen LogP contribution in [0.2, 0.25) is 0 Å². The number of carbonyl (C=O) groups is 1. The van der Waals surface area contributed by atoms with Gasteiger partial charge in [0.25, 0.3) is 0 Å². The Morgan fingerprint density at radius 3 is 2.29 bits per heavy atom. The zero-order valence-corrected chi connectivity index (χ0v) is 19.1. The standard InChI is InChI=1S/C24H22FN7OS/c25-19-9-7-18(8-10-19)22-28-29-24(32(22)20-5-2-1-3-6-20)34-17-21(33)30-13-15-31(16-14-30)23-26-11-4-12-27-23/h1-12H,13-17H2. The predicted octanol–water partition coefficient (Wildman–Crippen LogP) is 3.30. The number of rotatable bonds is 6. The first-order valence-electron chi connectivity index (χ1n) is 10.9. The van der Waals surface area contributed by atoms with Gasteiger partial charge in [0.2, 0.25) is 11.9 Å². The fraction of sp³-hybridized carbons (Fsp3) is 0.208. The summed E-state index contributed by atoms with van der Waals surface area (Å²) in [4.78, 5) is 25.4. The van der Waals surface area contributed by atoms with E-state index >= 15 is 0 Å². The smallest absolute Gasteiger partial charge is 0.233 e. The van der Waals surface area contributed by atoms with E-state index in [1.165, 1.54) is 23.9 Å². The van der Waals surface area contributed by atoms with Crippen LogP contribution >= 0.6 is 11.8 Å². The zero-order chi connectivity index (χ0) is 23.3. The molecule has 2 aromatic carbocycles. The second-order valence-corrected chi connectivity index (χ2v) is 8.63. The molecule has 1 aliphatic heterocycles. The number of carbonyl (C=O) groups excluding carboxylic acids is 1. The molecule has 4 aromatic rings. The van der Waals surface area contributed by atoms with Crippen LogP contribution in [0.15, 0.2) is 78.2 Å². The van der Waals surface area contributed by atoms with E-state index in [0.717, 1.165) is 11.3 Å².